The number of ether oxygens (including phenoxy) is 1. The highest BCUT2D eigenvalue weighted by Gasteiger charge is 2.36. The highest BCUT2D eigenvalue weighted by molar-refractivity contribution is 5.82. The molecule has 20 heavy (non-hydrogen) atoms. The number of piperidine rings is 1. The minimum atomic E-state index is 0.0623. The molecule has 2 heterocycles. The van der Waals surface area contributed by atoms with Crippen molar-refractivity contribution >= 4 is 5.91 Å². The van der Waals surface area contributed by atoms with E-state index in [2.05, 4.69) is 30.6 Å². The van der Waals surface area contributed by atoms with Crippen LogP contribution in [0.4, 0.5) is 0 Å². The Morgan fingerprint density at radius 1 is 1.30 bits per heavy atom. The van der Waals surface area contributed by atoms with Crippen molar-refractivity contribution in [1.82, 2.24) is 9.80 Å². The van der Waals surface area contributed by atoms with Crippen LogP contribution in [0, 0.1) is 5.92 Å². The number of rotatable bonds is 6. The van der Waals surface area contributed by atoms with Gasteiger partial charge in [-0.05, 0) is 31.7 Å². The van der Waals surface area contributed by atoms with Crippen LogP contribution in [0.5, 0.6) is 0 Å². The van der Waals surface area contributed by atoms with E-state index in [1.807, 2.05) is 0 Å². The smallest absolute Gasteiger partial charge is 0.239 e. The van der Waals surface area contributed by atoms with Crippen LogP contribution < -0.4 is 0 Å². The summed E-state index contributed by atoms with van der Waals surface area (Å²) in [6, 6.07) is 0.511. The summed E-state index contributed by atoms with van der Waals surface area (Å²) in [5, 5.41) is 0. The molecule has 1 amide bonds. The number of amides is 1. The second-order valence-corrected chi connectivity index (χ2v) is 6.33. The molecule has 0 bridgehead atoms. The van der Waals surface area contributed by atoms with E-state index >= 15 is 0 Å². The Morgan fingerprint density at radius 3 is 2.40 bits per heavy atom. The van der Waals surface area contributed by atoms with Crippen LogP contribution in [-0.4, -0.2) is 60.6 Å². The van der Waals surface area contributed by atoms with Crippen molar-refractivity contribution in [2.75, 3.05) is 32.8 Å². The molecule has 4 nitrogen and oxygen atoms in total. The second-order valence-electron chi connectivity index (χ2n) is 6.33. The highest BCUT2D eigenvalue weighted by atomic mass is 16.5. The monoisotopic (exact) mass is 282 g/mol. The van der Waals surface area contributed by atoms with Crippen LogP contribution in [0.3, 0.4) is 0 Å². The molecule has 4 heteroatoms. The Kier molecular flexibility index (Phi) is 5.85. The summed E-state index contributed by atoms with van der Waals surface area (Å²) < 4.78 is 5.32. The lowest BCUT2D eigenvalue weighted by Gasteiger charge is -2.43. The molecule has 2 aliphatic rings. The molecule has 0 spiro atoms. The number of hydrogen-bond donors (Lipinski definition) is 0. The molecule has 0 saturated carbocycles. The number of likely N-dealkylation sites (tertiary alicyclic amines) is 1. The first kappa shape index (κ1) is 15.8. The molecular weight excluding hydrogens is 252 g/mol. The van der Waals surface area contributed by atoms with E-state index in [0.717, 1.165) is 64.4 Å². The van der Waals surface area contributed by atoms with E-state index < -0.39 is 0 Å². The molecule has 116 valence electrons. The van der Waals surface area contributed by atoms with Crippen molar-refractivity contribution in [2.45, 2.75) is 58.5 Å². The molecule has 2 rings (SSSR count). The van der Waals surface area contributed by atoms with Crippen molar-refractivity contribution in [2.24, 2.45) is 5.92 Å². The first-order chi connectivity index (χ1) is 9.67. The van der Waals surface area contributed by atoms with Gasteiger partial charge in [0, 0.05) is 13.1 Å². The molecule has 0 N–H and O–H groups in total. The third-order valence-electron chi connectivity index (χ3n) is 4.80. The van der Waals surface area contributed by atoms with Crippen LogP contribution in [0.25, 0.3) is 0 Å². The second kappa shape index (κ2) is 7.41. The molecule has 0 radical (unpaired) electrons. The number of likely N-dealkylation sites (N-methyl/N-ethyl adjacent to an activating group) is 1. The SMILES string of the molecule is CCCC(C(=O)N1CCC(C)CC1)N(CC)C1COC1. The fourth-order valence-corrected chi connectivity index (χ4v) is 3.29. The summed E-state index contributed by atoms with van der Waals surface area (Å²) in [4.78, 5) is 17.4. The molecule has 0 aromatic rings. The predicted octanol–water partition coefficient (Wildman–Crippen LogP) is 2.13. The van der Waals surface area contributed by atoms with Gasteiger partial charge in [-0.15, -0.1) is 0 Å². The Bertz CT molecular complexity index is 310. The summed E-state index contributed by atoms with van der Waals surface area (Å²) in [7, 11) is 0. The molecule has 0 aliphatic carbocycles. The van der Waals surface area contributed by atoms with Crippen molar-refractivity contribution in [3.8, 4) is 0 Å². The molecule has 0 aromatic heterocycles. The van der Waals surface area contributed by atoms with Gasteiger partial charge < -0.3 is 9.64 Å². The Hall–Kier alpha value is -0.610. The Balaban J connectivity index is 2.00. The maximum atomic E-state index is 12.9. The van der Waals surface area contributed by atoms with Gasteiger partial charge in [0.05, 0.1) is 25.3 Å². The first-order valence-electron chi connectivity index (χ1n) is 8.29. The zero-order valence-electron chi connectivity index (χ0n) is 13.3. The van der Waals surface area contributed by atoms with Crippen molar-refractivity contribution in [3.05, 3.63) is 0 Å². The number of carbonyl (C=O) groups excluding carboxylic acids is 1. The van der Waals surface area contributed by atoms with Gasteiger partial charge in [0.15, 0.2) is 0 Å². The van der Waals surface area contributed by atoms with Gasteiger partial charge in [-0.3, -0.25) is 9.69 Å². The summed E-state index contributed by atoms with van der Waals surface area (Å²) in [6.45, 7) is 11.0. The average Bonchev–Trinajstić information content (AvgIpc) is 2.40. The van der Waals surface area contributed by atoms with Gasteiger partial charge in [0.25, 0.3) is 0 Å². The van der Waals surface area contributed by atoms with Gasteiger partial charge >= 0.3 is 0 Å². The van der Waals surface area contributed by atoms with E-state index in [-0.39, 0.29) is 6.04 Å². The average molecular weight is 282 g/mol. The third-order valence-corrected chi connectivity index (χ3v) is 4.80. The number of nitrogens with zero attached hydrogens (tertiary/aromatic N) is 2. The van der Waals surface area contributed by atoms with Gasteiger partial charge in [-0.25, -0.2) is 0 Å². The standard InChI is InChI=1S/C16H30N2O2/c1-4-6-15(18(5-2)14-11-20-12-14)16(19)17-9-7-13(3)8-10-17/h13-15H,4-12H2,1-3H3. The van der Waals surface area contributed by atoms with E-state index in [9.17, 15) is 4.79 Å². The summed E-state index contributed by atoms with van der Waals surface area (Å²) in [6.07, 6.45) is 4.34. The van der Waals surface area contributed by atoms with Gasteiger partial charge in [-0.1, -0.05) is 27.2 Å². The number of hydrogen-bond acceptors (Lipinski definition) is 3. The lowest BCUT2D eigenvalue weighted by molar-refractivity contribution is -0.145. The van der Waals surface area contributed by atoms with Crippen molar-refractivity contribution in [1.29, 1.82) is 0 Å². The van der Waals surface area contributed by atoms with Crippen LogP contribution in [0.2, 0.25) is 0 Å². The molecule has 1 atom stereocenters. The van der Waals surface area contributed by atoms with Crippen LogP contribution in [-0.2, 0) is 9.53 Å². The molecule has 1 unspecified atom stereocenters. The van der Waals surface area contributed by atoms with Gasteiger partial charge in [-0.2, -0.15) is 0 Å². The topological polar surface area (TPSA) is 32.8 Å². The highest BCUT2D eigenvalue weighted by Crippen LogP contribution is 2.22. The minimum Gasteiger partial charge on any atom is -0.378 e. The lowest BCUT2D eigenvalue weighted by atomic mass is 9.97. The largest absolute Gasteiger partial charge is 0.378 e. The van der Waals surface area contributed by atoms with E-state index in [0.29, 0.717) is 11.9 Å². The van der Waals surface area contributed by atoms with Crippen molar-refractivity contribution < 1.29 is 9.53 Å². The lowest BCUT2D eigenvalue weighted by Crippen LogP contribution is -2.58. The zero-order chi connectivity index (χ0) is 14.5. The molecule has 0 aromatic carbocycles. The number of carbonyl (C=O) groups is 1. The maximum absolute atomic E-state index is 12.9. The fourth-order valence-electron chi connectivity index (χ4n) is 3.29. The molecule has 2 saturated heterocycles. The van der Waals surface area contributed by atoms with Crippen LogP contribution in [0.1, 0.15) is 46.5 Å². The Labute approximate surface area is 123 Å². The molecular formula is C16H30N2O2. The van der Waals surface area contributed by atoms with Crippen LogP contribution >= 0.6 is 0 Å². The van der Waals surface area contributed by atoms with Gasteiger partial charge in [0.2, 0.25) is 5.91 Å². The van der Waals surface area contributed by atoms with E-state index in [4.69, 9.17) is 4.74 Å². The fraction of sp³-hybridized carbons (Fsp3) is 0.938. The minimum absolute atomic E-state index is 0.0623. The molecule has 2 aliphatic heterocycles. The van der Waals surface area contributed by atoms with E-state index in [1.165, 1.54) is 0 Å². The first-order valence-corrected chi connectivity index (χ1v) is 8.29. The summed E-state index contributed by atoms with van der Waals surface area (Å²) in [5.74, 6) is 1.12. The molecule has 2 fully saturated rings. The maximum Gasteiger partial charge on any atom is 0.239 e. The van der Waals surface area contributed by atoms with Gasteiger partial charge in [0.1, 0.15) is 0 Å². The van der Waals surface area contributed by atoms with Crippen molar-refractivity contribution in [3.63, 3.8) is 0 Å². The Morgan fingerprint density at radius 2 is 1.95 bits per heavy atom. The van der Waals surface area contributed by atoms with Crippen LogP contribution in [0.15, 0.2) is 0 Å². The summed E-state index contributed by atoms with van der Waals surface area (Å²) >= 11 is 0. The summed E-state index contributed by atoms with van der Waals surface area (Å²) in [5.41, 5.74) is 0. The predicted molar refractivity (Wildman–Crippen MR) is 80.7 cm³/mol. The third kappa shape index (κ3) is 3.53. The van der Waals surface area contributed by atoms with E-state index in [1.54, 1.807) is 0 Å². The zero-order valence-corrected chi connectivity index (χ0v) is 13.3. The quantitative estimate of drug-likeness (QED) is 0.748. The normalized spacial score (nSPS) is 22.9.